The number of para-hydroxylation sites is 2. The predicted octanol–water partition coefficient (Wildman–Crippen LogP) is 2.90. The zero-order valence-corrected chi connectivity index (χ0v) is 21.2. The standard InChI is InChI=1S/C29H27N3O6/c1-16-14-22(33)20-15-21-18(24(29(20,2)26(16)35)19-10-7-11-23(38-3)25(19)34)12-13-30-27(36)31(28(37)32(21)30)17-8-5-4-6-9-17/h4-12,14,20-21,24,34H,13,15H2,1-3H3/t20-,21+,24+,29+/m0/s1. The number of aromatic hydroxyl groups is 1. The van der Waals surface area contributed by atoms with Crippen LogP contribution in [0.4, 0.5) is 0 Å². The van der Waals surface area contributed by atoms with Crippen molar-refractivity contribution in [3.8, 4) is 17.2 Å². The monoisotopic (exact) mass is 513 g/mol. The number of carbonyl (C=O) groups is 2. The van der Waals surface area contributed by atoms with Crippen LogP contribution in [0.25, 0.3) is 5.69 Å². The number of aromatic nitrogens is 3. The first-order chi connectivity index (χ1) is 18.2. The van der Waals surface area contributed by atoms with Gasteiger partial charge in [0, 0.05) is 17.4 Å². The molecule has 1 fully saturated rings. The summed E-state index contributed by atoms with van der Waals surface area (Å²) in [5, 5.41) is 11.2. The molecule has 0 amide bonds. The van der Waals surface area contributed by atoms with Gasteiger partial charge < -0.3 is 9.84 Å². The maximum atomic E-state index is 13.8. The van der Waals surface area contributed by atoms with Crippen molar-refractivity contribution in [2.75, 3.05) is 7.11 Å². The number of fused-ring (bicyclic) bond motifs is 4. The third-order valence-electron chi connectivity index (χ3n) is 8.48. The second-order valence-corrected chi connectivity index (χ2v) is 10.3. The lowest BCUT2D eigenvalue weighted by atomic mass is 9.51. The molecule has 3 aliphatic rings. The van der Waals surface area contributed by atoms with Gasteiger partial charge in [0.2, 0.25) is 0 Å². The SMILES string of the molecule is COc1cccc([C@H]2C3=CCn4c(=O)n(-c5ccccc5)c(=O)n4[C@@H]3C[C@H]3C(=O)C=C(C)C(=O)[C@@]23C)c1O. The number of rotatable bonds is 3. The van der Waals surface area contributed by atoms with Crippen LogP contribution >= 0.6 is 0 Å². The Kier molecular flexibility index (Phi) is 5.24. The number of hydrogen-bond acceptors (Lipinski definition) is 6. The van der Waals surface area contributed by atoms with E-state index >= 15 is 0 Å². The molecule has 2 aliphatic carbocycles. The maximum Gasteiger partial charge on any atom is 0.352 e. The number of benzene rings is 2. The molecule has 1 saturated carbocycles. The fourth-order valence-corrected chi connectivity index (χ4v) is 6.74. The van der Waals surface area contributed by atoms with Crippen LogP contribution in [-0.4, -0.2) is 37.7 Å². The van der Waals surface area contributed by atoms with Crippen molar-refractivity contribution in [2.45, 2.75) is 38.8 Å². The van der Waals surface area contributed by atoms with Crippen LogP contribution in [0.2, 0.25) is 0 Å². The molecule has 1 aromatic heterocycles. The normalized spacial score (nSPS) is 26.1. The minimum atomic E-state index is -1.20. The molecule has 2 aromatic carbocycles. The van der Waals surface area contributed by atoms with Crippen molar-refractivity contribution >= 4 is 11.6 Å². The Morgan fingerprint density at radius 1 is 1.00 bits per heavy atom. The highest BCUT2D eigenvalue weighted by atomic mass is 16.5. The number of carbonyl (C=O) groups excluding carboxylic acids is 2. The molecular weight excluding hydrogens is 486 g/mol. The van der Waals surface area contributed by atoms with Gasteiger partial charge in [-0.25, -0.2) is 23.5 Å². The van der Waals surface area contributed by atoms with Gasteiger partial charge in [0.15, 0.2) is 23.1 Å². The maximum absolute atomic E-state index is 13.8. The number of nitrogens with zero attached hydrogens (tertiary/aromatic N) is 3. The number of ketones is 2. The molecule has 194 valence electrons. The number of methoxy groups -OCH3 is 1. The Labute approximate surface area is 217 Å². The number of phenolic OH excluding ortho intramolecular Hbond substituents is 1. The lowest BCUT2D eigenvalue weighted by Gasteiger charge is -2.52. The summed E-state index contributed by atoms with van der Waals surface area (Å²) >= 11 is 0. The highest BCUT2D eigenvalue weighted by Gasteiger charge is 2.60. The van der Waals surface area contributed by atoms with Gasteiger partial charge in [0.1, 0.15) is 0 Å². The molecule has 0 spiro atoms. The van der Waals surface area contributed by atoms with Crippen LogP contribution in [0, 0.1) is 11.3 Å². The average molecular weight is 514 g/mol. The first kappa shape index (κ1) is 24.0. The Balaban J connectivity index is 1.62. The van der Waals surface area contributed by atoms with E-state index in [9.17, 15) is 24.3 Å². The van der Waals surface area contributed by atoms with Crippen LogP contribution in [0.5, 0.6) is 11.5 Å². The van der Waals surface area contributed by atoms with Gasteiger partial charge in [-0.05, 0) is 48.8 Å². The average Bonchev–Trinajstić information content (AvgIpc) is 3.17. The molecule has 4 atom stereocenters. The van der Waals surface area contributed by atoms with Gasteiger partial charge >= 0.3 is 11.4 Å². The molecule has 9 heteroatoms. The van der Waals surface area contributed by atoms with Crippen LogP contribution in [0.15, 0.2) is 81.4 Å². The molecule has 1 N–H and O–H groups in total. The molecule has 0 radical (unpaired) electrons. The summed E-state index contributed by atoms with van der Waals surface area (Å²) in [5.74, 6) is -1.74. The molecule has 3 aromatic rings. The Hall–Kier alpha value is -4.40. The third-order valence-corrected chi connectivity index (χ3v) is 8.48. The van der Waals surface area contributed by atoms with Gasteiger partial charge in [0.05, 0.1) is 30.8 Å². The second-order valence-electron chi connectivity index (χ2n) is 10.3. The summed E-state index contributed by atoms with van der Waals surface area (Å²) in [7, 11) is 1.44. The first-order valence-electron chi connectivity index (χ1n) is 12.5. The highest BCUT2D eigenvalue weighted by molar-refractivity contribution is 6.13. The molecule has 0 bridgehead atoms. The van der Waals surface area contributed by atoms with Crippen molar-refractivity contribution in [2.24, 2.45) is 11.3 Å². The van der Waals surface area contributed by atoms with E-state index in [1.54, 1.807) is 62.4 Å². The van der Waals surface area contributed by atoms with E-state index in [0.717, 1.165) is 10.1 Å². The second kappa shape index (κ2) is 8.31. The number of ether oxygens (including phenoxy) is 1. The topological polar surface area (TPSA) is 113 Å². The molecule has 0 unspecified atom stereocenters. The van der Waals surface area contributed by atoms with Gasteiger partial charge in [0.25, 0.3) is 0 Å². The summed E-state index contributed by atoms with van der Waals surface area (Å²) in [6.07, 6.45) is 3.41. The van der Waals surface area contributed by atoms with Gasteiger partial charge in [-0.2, -0.15) is 0 Å². The first-order valence-corrected chi connectivity index (χ1v) is 12.5. The lowest BCUT2D eigenvalue weighted by molar-refractivity contribution is -0.139. The van der Waals surface area contributed by atoms with Gasteiger partial charge in [-0.15, -0.1) is 0 Å². The molecule has 9 nitrogen and oxygen atoms in total. The van der Waals surface area contributed by atoms with E-state index in [-0.39, 0.29) is 36.0 Å². The molecule has 38 heavy (non-hydrogen) atoms. The van der Waals surface area contributed by atoms with Crippen molar-refractivity contribution in [3.63, 3.8) is 0 Å². The Morgan fingerprint density at radius 2 is 1.74 bits per heavy atom. The highest BCUT2D eigenvalue weighted by Crippen LogP contribution is 2.61. The predicted molar refractivity (Wildman–Crippen MR) is 139 cm³/mol. The van der Waals surface area contributed by atoms with Crippen LogP contribution < -0.4 is 16.1 Å². The number of hydrogen-bond donors (Lipinski definition) is 1. The third kappa shape index (κ3) is 3.04. The van der Waals surface area contributed by atoms with Crippen LogP contribution in [0.1, 0.15) is 37.8 Å². The Morgan fingerprint density at radius 3 is 2.45 bits per heavy atom. The van der Waals surface area contributed by atoms with Gasteiger partial charge in [-0.1, -0.05) is 43.3 Å². The molecular formula is C29H27N3O6. The summed E-state index contributed by atoms with van der Waals surface area (Å²) < 4.78 is 9.28. The van der Waals surface area contributed by atoms with E-state index in [4.69, 9.17) is 4.74 Å². The zero-order chi connectivity index (χ0) is 26.9. The van der Waals surface area contributed by atoms with E-state index in [2.05, 4.69) is 0 Å². The fraction of sp³-hybridized carbons (Fsp3) is 0.310. The zero-order valence-electron chi connectivity index (χ0n) is 21.2. The number of phenols is 1. The fourth-order valence-electron chi connectivity index (χ4n) is 6.74. The quantitative estimate of drug-likeness (QED) is 0.539. The molecule has 0 saturated heterocycles. The van der Waals surface area contributed by atoms with Crippen molar-refractivity contribution in [3.05, 3.63) is 98.4 Å². The largest absolute Gasteiger partial charge is 0.504 e. The van der Waals surface area contributed by atoms with Crippen LogP contribution in [0.3, 0.4) is 0 Å². The minimum Gasteiger partial charge on any atom is -0.504 e. The lowest BCUT2D eigenvalue weighted by Crippen LogP contribution is -2.54. The van der Waals surface area contributed by atoms with Crippen molar-refractivity contribution in [1.29, 1.82) is 0 Å². The van der Waals surface area contributed by atoms with Crippen molar-refractivity contribution in [1.82, 2.24) is 13.9 Å². The summed E-state index contributed by atoms with van der Waals surface area (Å²) in [4.78, 5) is 54.4. The van der Waals surface area contributed by atoms with E-state index < -0.39 is 34.7 Å². The van der Waals surface area contributed by atoms with Crippen molar-refractivity contribution < 1.29 is 19.4 Å². The summed E-state index contributed by atoms with van der Waals surface area (Å²) in [6.45, 7) is 3.51. The number of Topliss-reactive ketones (excluding diaryl/α,β-unsaturated/α-hetero) is 1. The van der Waals surface area contributed by atoms with E-state index in [1.807, 2.05) is 6.08 Å². The summed E-state index contributed by atoms with van der Waals surface area (Å²) in [5.41, 5.74) is -0.229. The van der Waals surface area contributed by atoms with Gasteiger partial charge in [-0.3, -0.25) is 9.59 Å². The number of allylic oxidation sites excluding steroid dienone is 4. The molecule has 1 aliphatic heterocycles. The minimum absolute atomic E-state index is 0.110. The Bertz CT molecular complexity index is 1690. The van der Waals surface area contributed by atoms with E-state index in [1.165, 1.54) is 22.5 Å². The summed E-state index contributed by atoms with van der Waals surface area (Å²) in [6, 6.07) is 13.1. The van der Waals surface area contributed by atoms with Crippen LogP contribution in [-0.2, 0) is 16.1 Å². The van der Waals surface area contributed by atoms with E-state index in [0.29, 0.717) is 16.8 Å². The smallest absolute Gasteiger partial charge is 0.352 e. The molecule has 2 heterocycles. The molecule has 6 rings (SSSR count).